The quantitative estimate of drug-likeness (QED) is 0.258. The van der Waals surface area contributed by atoms with Crippen LogP contribution in [0.15, 0.2) is 40.5 Å². The Morgan fingerprint density at radius 3 is 2.90 bits per heavy atom. The fourth-order valence-corrected chi connectivity index (χ4v) is 2.90. The van der Waals surface area contributed by atoms with Gasteiger partial charge in [-0.2, -0.15) is 0 Å². The van der Waals surface area contributed by atoms with Crippen molar-refractivity contribution in [1.29, 1.82) is 0 Å². The molecule has 0 spiro atoms. The van der Waals surface area contributed by atoms with Crippen LogP contribution in [0, 0.1) is 0 Å². The monoisotopic (exact) mass is 291 g/mol. The molecule has 0 aliphatic carbocycles. The van der Waals surface area contributed by atoms with Crippen molar-refractivity contribution in [2.24, 2.45) is 10.9 Å². The number of benzene rings is 1. The molecular formula is C14H17N3O2S. The molecule has 1 atom stereocenters. The summed E-state index contributed by atoms with van der Waals surface area (Å²) < 4.78 is 0. The highest BCUT2D eigenvalue weighted by atomic mass is 32.2. The van der Waals surface area contributed by atoms with Crippen LogP contribution >= 0.6 is 11.8 Å². The van der Waals surface area contributed by atoms with Gasteiger partial charge in [-0.15, -0.1) is 11.8 Å². The Balaban J connectivity index is 2.48. The highest BCUT2D eigenvalue weighted by Crippen LogP contribution is 2.29. The van der Waals surface area contributed by atoms with Crippen LogP contribution in [-0.4, -0.2) is 33.0 Å². The van der Waals surface area contributed by atoms with Crippen molar-refractivity contribution in [2.45, 2.75) is 23.6 Å². The predicted molar refractivity (Wildman–Crippen MR) is 81.3 cm³/mol. The molecule has 0 amide bonds. The minimum Gasteiger partial charge on any atom is -0.409 e. The molecule has 1 unspecified atom stereocenters. The molecule has 0 saturated heterocycles. The van der Waals surface area contributed by atoms with Gasteiger partial charge >= 0.3 is 0 Å². The summed E-state index contributed by atoms with van der Waals surface area (Å²) in [5.41, 5.74) is 7.21. The Bertz CT molecular complexity index is 631. The van der Waals surface area contributed by atoms with E-state index in [9.17, 15) is 0 Å². The molecular weight excluding hydrogens is 274 g/mol. The third-order valence-corrected chi connectivity index (χ3v) is 4.09. The molecule has 106 valence electrons. The Morgan fingerprint density at radius 2 is 2.20 bits per heavy atom. The molecule has 0 radical (unpaired) electrons. The number of amidine groups is 1. The van der Waals surface area contributed by atoms with Crippen LogP contribution in [0.5, 0.6) is 0 Å². The standard InChI is InChI=1S/C14H17N3O2S/c1-9(6-7-18)20-14-11(13(15)17-19)8-10-4-2-3-5-12(10)16-14/h2-5,8-9,18-19H,6-7H2,1H3,(H2,15,17). The molecule has 0 aliphatic rings. The van der Waals surface area contributed by atoms with E-state index < -0.39 is 0 Å². The summed E-state index contributed by atoms with van der Waals surface area (Å²) in [6, 6.07) is 9.56. The Kier molecular flexibility index (Phi) is 4.81. The lowest BCUT2D eigenvalue weighted by Gasteiger charge is -2.13. The normalized spacial score (nSPS) is 13.6. The van der Waals surface area contributed by atoms with Crippen LogP contribution in [-0.2, 0) is 0 Å². The SMILES string of the molecule is CC(CCO)Sc1nc2ccccc2cc1C(N)=NO. The number of nitrogens with zero attached hydrogens (tertiary/aromatic N) is 2. The zero-order valence-electron chi connectivity index (χ0n) is 11.2. The molecule has 2 aromatic rings. The lowest BCUT2D eigenvalue weighted by molar-refractivity contribution is 0.289. The summed E-state index contributed by atoms with van der Waals surface area (Å²) in [6.07, 6.45) is 0.661. The second-order valence-electron chi connectivity index (χ2n) is 4.46. The van der Waals surface area contributed by atoms with E-state index in [0.717, 1.165) is 10.9 Å². The van der Waals surface area contributed by atoms with Crippen molar-refractivity contribution >= 4 is 28.5 Å². The molecule has 1 heterocycles. The molecule has 2 rings (SSSR count). The molecule has 1 aromatic carbocycles. The van der Waals surface area contributed by atoms with Gasteiger partial charge in [-0.25, -0.2) is 4.98 Å². The number of aliphatic hydroxyl groups is 1. The number of pyridine rings is 1. The third kappa shape index (κ3) is 3.20. The first-order valence-electron chi connectivity index (χ1n) is 6.31. The van der Waals surface area contributed by atoms with Crippen LogP contribution in [0.1, 0.15) is 18.9 Å². The van der Waals surface area contributed by atoms with Gasteiger partial charge in [-0.3, -0.25) is 0 Å². The number of hydrogen-bond acceptors (Lipinski definition) is 5. The summed E-state index contributed by atoms with van der Waals surface area (Å²) in [4.78, 5) is 4.58. The highest BCUT2D eigenvalue weighted by Gasteiger charge is 2.14. The van der Waals surface area contributed by atoms with E-state index in [2.05, 4.69) is 10.1 Å². The van der Waals surface area contributed by atoms with Crippen LogP contribution < -0.4 is 5.73 Å². The minimum atomic E-state index is 0.0435. The smallest absolute Gasteiger partial charge is 0.172 e. The van der Waals surface area contributed by atoms with E-state index >= 15 is 0 Å². The maximum atomic E-state index is 8.99. The van der Waals surface area contributed by atoms with Crippen molar-refractivity contribution in [1.82, 2.24) is 4.98 Å². The number of para-hydroxylation sites is 1. The largest absolute Gasteiger partial charge is 0.409 e. The lowest BCUT2D eigenvalue weighted by Crippen LogP contribution is -2.16. The number of hydrogen-bond donors (Lipinski definition) is 3. The molecule has 0 aliphatic heterocycles. The number of fused-ring (bicyclic) bond motifs is 1. The summed E-state index contributed by atoms with van der Waals surface area (Å²) in [6.45, 7) is 2.13. The van der Waals surface area contributed by atoms with Gasteiger partial charge in [-0.05, 0) is 18.6 Å². The summed E-state index contributed by atoms with van der Waals surface area (Å²) >= 11 is 1.51. The van der Waals surface area contributed by atoms with Gasteiger partial charge in [0.05, 0.1) is 11.1 Å². The summed E-state index contributed by atoms with van der Waals surface area (Å²) in [5.74, 6) is 0.0435. The van der Waals surface area contributed by atoms with Crippen LogP contribution in [0.4, 0.5) is 0 Å². The Hall–Kier alpha value is -1.79. The molecule has 0 saturated carbocycles. The second kappa shape index (κ2) is 6.58. The Labute approximate surface area is 121 Å². The van der Waals surface area contributed by atoms with Crippen LogP contribution in [0.3, 0.4) is 0 Å². The van der Waals surface area contributed by atoms with E-state index in [4.69, 9.17) is 16.0 Å². The van der Waals surface area contributed by atoms with Gasteiger partial charge < -0.3 is 16.0 Å². The summed E-state index contributed by atoms with van der Waals surface area (Å²) in [5, 5.41) is 22.8. The zero-order valence-corrected chi connectivity index (χ0v) is 12.0. The van der Waals surface area contributed by atoms with Crippen LogP contribution in [0.2, 0.25) is 0 Å². The fraction of sp³-hybridized carbons (Fsp3) is 0.286. The molecule has 6 heteroatoms. The van der Waals surface area contributed by atoms with Crippen LogP contribution in [0.25, 0.3) is 10.9 Å². The lowest BCUT2D eigenvalue weighted by atomic mass is 10.1. The molecule has 0 fully saturated rings. The number of oxime groups is 1. The van der Waals surface area contributed by atoms with E-state index in [1.807, 2.05) is 37.3 Å². The molecule has 4 N–H and O–H groups in total. The number of rotatable bonds is 5. The topological polar surface area (TPSA) is 91.7 Å². The molecule has 1 aromatic heterocycles. The van der Waals surface area contributed by atoms with Gasteiger partial charge in [-0.1, -0.05) is 30.3 Å². The van der Waals surface area contributed by atoms with Crippen molar-refractivity contribution in [3.05, 3.63) is 35.9 Å². The van der Waals surface area contributed by atoms with Gasteiger partial charge in [0.25, 0.3) is 0 Å². The predicted octanol–water partition coefficient (Wildman–Crippen LogP) is 2.19. The highest BCUT2D eigenvalue weighted by molar-refractivity contribution is 7.99. The van der Waals surface area contributed by atoms with Gasteiger partial charge in [0.1, 0.15) is 5.03 Å². The number of thioether (sulfide) groups is 1. The van der Waals surface area contributed by atoms with Crippen molar-refractivity contribution in [2.75, 3.05) is 6.61 Å². The molecule has 5 nitrogen and oxygen atoms in total. The van der Waals surface area contributed by atoms with E-state index in [0.29, 0.717) is 17.0 Å². The van der Waals surface area contributed by atoms with Gasteiger partial charge in [0.15, 0.2) is 5.84 Å². The number of aliphatic hydroxyl groups excluding tert-OH is 1. The fourth-order valence-electron chi connectivity index (χ4n) is 1.86. The summed E-state index contributed by atoms with van der Waals surface area (Å²) in [7, 11) is 0. The third-order valence-electron chi connectivity index (χ3n) is 2.92. The zero-order chi connectivity index (χ0) is 14.5. The second-order valence-corrected chi connectivity index (χ2v) is 5.89. The Morgan fingerprint density at radius 1 is 1.45 bits per heavy atom. The van der Waals surface area contributed by atoms with E-state index in [1.54, 1.807) is 0 Å². The van der Waals surface area contributed by atoms with Crippen molar-refractivity contribution in [3.8, 4) is 0 Å². The maximum Gasteiger partial charge on any atom is 0.172 e. The van der Waals surface area contributed by atoms with Crippen molar-refractivity contribution < 1.29 is 10.3 Å². The first-order chi connectivity index (χ1) is 9.65. The van der Waals surface area contributed by atoms with Gasteiger partial charge in [0, 0.05) is 17.2 Å². The van der Waals surface area contributed by atoms with E-state index in [-0.39, 0.29) is 17.7 Å². The number of nitrogens with two attached hydrogens (primary N) is 1. The average Bonchev–Trinajstić information content (AvgIpc) is 2.46. The van der Waals surface area contributed by atoms with Gasteiger partial charge in [0.2, 0.25) is 0 Å². The minimum absolute atomic E-state index is 0.0435. The first-order valence-corrected chi connectivity index (χ1v) is 7.19. The molecule has 20 heavy (non-hydrogen) atoms. The van der Waals surface area contributed by atoms with Crippen molar-refractivity contribution in [3.63, 3.8) is 0 Å². The average molecular weight is 291 g/mol. The maximum absolute atomic E-state index is 8.99. The first kappa shape index (κ1) is 14.6. The number of aromatic nitrogens is 1. The molecule has 0 bridgehead atoms. The van der Waals surface area contributed by atoms with E-state index in [1.165, 1.54) is 11.8 Å².